The van der Waals surface area contributed by atoms with Crippen molar-refractivity contribution in [2.45, 2.75) is 19.9 Å². The van der Waals surface area contributed by atoms with Gasteiger partial charge in [-0.15, -0.1) is 0 Å². The van der Waals surface area contributed by atoms with Crippen LogP contribution in [0.25, 0.3) is 11.0 Å². The molecule has 19 heavy (non-hydrogen) atoms. The van der Waals surface area contributed by atoms with E-state index in [0.717, 1.165) is 5.52 Å². The van der Waals surface area contributed by atoms with Crippen LogP contribution in [0, 0.1) is 11.7 Å². The summed E-state index contributed by atoms with van der Waals surface area (Å²) in [6, 6.07) is 4.08. The Bertz CT molecular complexity index is 620. The van der Waals surface area contributed by atoms with Crippen molar-refractivity contribution in [3.05, 3.63) is 24.0 Å². The van der Waals surface area contributed by atoms with Crippen LogP contribution in [0.1, 0.15) is 13.8 Å². The maximum absolute atomic E-state index is 13.1. The first kappa shape index (κ1) is 13.5. The van der Waals surface area contributed by atoms with E-state index in [1.165, 1.54) is 12.1 Å². The molecule has 0 saturated heterocycles. The first-order valence-electron chi connectivity index (χ1n) is 6.08. The molecule has 0 bridgehead atoms. The van der Waals surface area contributed by atoms with Crippen LogP contribution < -0.4 is 11.1 Å². The summed E-state index contributed by atoms with van der Waals surface area (Å²) >= 11 is 0. The predicted octanol–water partition coefficient (Wildman–Crippen LogP) is 1.63. The Morgan fingerprint density at radius 3 is 2.79 bits per heavy atom. The number of carbonyl (C=O) groups excluding carboxylic acids is 1. The molecule has 102 valence electrons. The maximum atomic E-state index is 13.1. The standard InChI is InChI=1S/C13H17FN4O/c1-7(8(2)15)12(19)17-13-16-10-6-9(14)4-5-11(10)18(13)3/h4-8H,15H2,1-3H3,(H,16,17,19). The Labute approximate surface area is 110 Å². The van der Waals surface area contributed by atoms with E-state index in [2.05, 4.69) is 10.3 Å². The second kappa shape index (κ2) is 4.97. The van der Waals surface area contributed by atoms with Crippen LogP contribution in [0.4, 0.5) is 10.3 Å². The normalized spacial score (nSPS) is 14.4. The highest BCUT2D eigenvalue weighted by molar-refractivity contribution is 5.93. The first-order chi connectivity index (χ1) is 8.90. The molecule has 1 heterocycles. The number of nitrogens with one attached hydrogen (secondary N) is 1. The topological polar surface area (TPSA) is 72.9 Å². The molecule has 6 heteroatoms. The zero-order valence-corrected chi connectivity index (χ0v) is 11.1. The molecule has 1 amide bonds. The highest BCUT2D eigenvalue weighted by Gasteiger charge is 2.19. The number of benzene rings is 1. The quantitative estimate of drug-likeness (QED) is 0.885. The molecular weight excluding hydrogens is 247 g/mol. The van der Waals surface area contributed by atoms with E-state index in [4.69, 9.17) is 5.73 Å². The number of fused-ring (bicyclic) bond motifs is 1. The van der Waals surface area contributed by atoms with Gasteiger partial charge in [-0.3, -0.25) is 10.1 Å². The summed E-state index contributed by atoms with van der Waals surface area (Å²) in [6.45, 7) is 3.52. The van der Waals surface area contributed by atoms with Gasteiger partial charge in [-0.25, -0.2) is 9.37 Å². The van der Waals surface area contributed by atoms with Crippen LogP contribution >= 0.6 is 0 Å². The Morgan fingerprint density at radius 1 is 1.47 bits per heavy atom. The number of aromatic nitrogens is 2. The number of aryl methyl sites for hydroxylation is 1. The lowest BCUT2D eigenvalue weighted by Gasteiger charge is -2.14. The molecular formula is C13H17FN4O. The van der Waals surface area contributed by atoms with Gasteiger partial charge in [0.25, 0.3) is 0 Å². The molecule has 0 aliphatic heterocycles. The van der Waals surface area contributed by atoms with Gasteiger partial charge in [0.05, 0.1) is 17.0 Å². The van der Waals surface area contributed by atoms with Crippen molar-refractivity contribution >= 4 is 22.9 Å². The SMILES string of the molecule is CC(N)C(C)C(=O)Nc1nc2cc(F)ccc2n1C. The first-order valence-corrected chi connectivity index (χ1v) is 6.08. The van der Waals surface area contributed by atoms with Crippen LogP contribution in [0.5, 0.6) is 0 Å². The second-order valence-corrected chi connectivity index (χ2v) is 4.76. The van der Waals surface area contributed by atoms with Crippen LogP contribution in [0.15, 0.2) is 18.2 Å². The van der Waals surface area contributed by atoms with E-state index >= 15 is 0 Å². The molecule has 0 saturated carbocycles. The molecule has 1 aromatic carbocycles. The van der Waals surface area contributed by atoms with E-state index in [1.807, 2.05) is 0 Å². The largest absolute Gasteiger partial charge is 0.327 e. The Morgan fingerprint density at radius 2 is 2.16 bits per heavy atom. The zero-order chi connectivity index (χ0) is 14.2. The molecule has 5 nitrogen and oxygen atoms in total. The molecule has 2 aromatic rings. The number of carbonyl (C=O) groups is 1. The monoisotopic (exact) mass is 264 g/mol. The number of amides is 1. The lowest BCUT2D eigenvalue weighted by atomic mass is 10.0. The maximum Gasteiger partial charge on any atom is 0.231 e. The van der Waals surface area contributed by atoms with Gasteiger partial charge < -0.3 is 10.3 Å². The summed E-state index contributed by atoms with van der Waals surface area (Å²) in [4.78, 5) is 16.1. The fourth-order valence-electron chi connectivity index (χ4n) is 1.75. The van der Waals surface area contributed by atoms with Gasteiger partial charge >= 0.3 is 0 Å². The van der Waals surface area contributed by atoms with Crippen LogP contribution in [0.2, 0.25) is 0 Å². The summed E-state index contributed by atoms with van der Waals surface area (Å²) in [6.07, 6.45) is 0. The summed E-state index contributed by atoms with van der Waals surface area (Å²) in [5.74, 6) is -0.490. The molecule has 2 atom stereocenters. The van der Waals surface area contributed by atoms with Gasteiger partial charge in [-0.1, -0.05) is 6.92 Å². The third-order valence-electron chi connectivity index (χ3n) is 3.28. The molecule has 3 N–H and O–H groups in total. The average molecular weight is 264 g/mol. The molecule has 2 rings (SSSR count). The van der Waals surface area contributed by atoms with Gasteiger partial charge in [0, 0.05) is 19.2 Å². The van der Waals surface area contributed by atoms with Gasteiger partial charge in [-0.2, -0.15) is 0 Å². The van der Waals surface area contributed by atoms with Gasteiger partial charge in [-0.05, 0) is 19.1 Å². The highest BCUT2D eigenvalue weighted by atomic mass is 19.1. The molecule has 0 radical (unpaired) electrons. The van der Waals surface area contributed by atoms with Crippen molar-refractivity contribution in [2.24, 2.45) is 18.7 Å². The minimum Gasteiger partial charge on any atom is -0.327 e. The van der Waals surface area contributed by atoms with Crippen LogP contribution in [-0.4, -0.2) is 21.5 Å². The number of nitrogens with two attached hydrogens (primary N) is 1. The van der Waals surface area contributed by atoms with Gasteiger partial charge in [0.2, 0.25) is 11.9 Å². The van der Waals surface area contributed by atoms with Gasteiger partial charge in [0.15, 0.2) is 0 Å². The minimum absolute atomic E-state index is 0.200. The van der Waals surface area contributed by atoms with Crippen molar-refractivity contribution in [3.63, 3.8) is 0 Å². The smallest absolute Gasteiger partial charge is 0.231 e. The Balaban J connectivity index is 2.31. The average Bonchev–Trinajstić information content (AvgIpc) is 2.64. The molecule has 0 spiro atoms. The van der Waals surface area contributed by atoms with Crippen molar-refractivity contribution in [1.82, 2.24) is 9.55 Å². The number of hydrogen-bond acceptors (Lipinski definition) is 3. The van der Waals surface area contributed by atoms with Crippen molar-refractivity contribution in [2.75, 3.05) is 5.32 Å². The third-order valence-corrected chi connectivity index (χ3v) is 3.28. The Kier molecular flexibility index (Phi) is 3.53. The summed E-state index contributed by atoms with van der Waals surface area (Å²) in [5, 5.41) is 2.71. The molecule has 2 unspecified atom stereocenters. The van der Waals surface area contributed by atoms with Crippen molar-refractivity contribution in [1.29, 1.82) is 0 Å². The predicted molar refractivity (Wildman–Crippen MR) is 72.1 cm³/mol. The second-order valence-electron chi connectivity index (χ2n) is 4.76. The molecule has 1 aromatic heterocycles. The summed E-state index contributed by atoms with van der Waals surface area (Å²) in [5.41, 5.74) is 6.95. The summed E-state index contributed by atoms with van der Waals surface area (Å²) in [7, 11) is 1.76. The number of hydrogen-bond donors (Lipinski definition) is 2. The van der Waals surface area contributed by atoms with Crippen LogP contribution in [-0.2, 0) is 11.8 Å². The zero-order valence-electron chi connectivity index (χ0n) is 11.1. The van der Waals surface area contributed by atoms with E-state index in [1.54, 1.807) is 31.5 Å². The van der Waals surface area contributed by atoms with E-state index in [-0.39, 0.29) is 23.7 Å². The fraction of sp³-hybridized carbons (Fsp3) is 0.385. The lowest BCUT2D eigenvalue weighted by Crippen LogP contribution is -2.34. The molecule has 0 aliphatic carbocycles. The van der Waals surface area contributed by atoms with Crippen molar-refractivity contribution < 1.29 is 9.18 Å². The van der Waals surface area contributed by atoms with E-state index < -0.39 is 0 Å². The van der Waals surface area contributed by atoms with E-state index in [9.17, 15) is 9.18 Å². The minimum atomic E-state index is -0.354. The van der Waals surface area contributed by atoms with E-state index in [0.29, 0.717) is 11.5 Å². The lowest BCUT2D eigenvalue weighted by molar-refractivity contribution is -0.119. The number of nitrogens with zero attached hydrogens (tertiary/aromatic N) is 2. The van der Waals surface area contributed by atoms with Gasteiger partial charge in [0.1, 0.15) is 5.82 Å². The molecule has 0 fully saturated rings. The number of imidazole rings is 1. The molecule has 0 aliphatic rings. The number of halogens is 1. The summed E-state index contributed by atoms with van der Waals surface area (Å²) < 4.78 is 14.8. The third kappa shape index (κ3) is 2.58. The number of rotatable bonds is 3. The van der Waals surface area contributed by atoms with Crippen LogP contribution in [0.3, 0.4) is 0 Å². The number of anilines is 1. The van der Waals surface area contributed by atoms with Crippen molar-refractivity contribution in [3.8, 4) is 0 Å². The highest BCUT2D eigenvalue weighted by Crippen LogP contribution is 2.19. The Hall–Kier alpha value is -1.95. The fourth-order valence-corrected chi connectivity index (χ4v) is 1.75.